The summed E-state index contributed by atoms with van der Waals surface area (Å²) in [5.74, 6) is -1.17. The summed E-state index contributed by atoms with van der Waals surface area (Å²) in [5, 5.41) is 9.07. The van der Waals surface area contributed by atoms with Crippen molar-refractivity contribution in [2.75, 3.05) is 6.54 Å². The maximum absolute atomic E-state index is 12.6. The second-order valence-electron chi connectivity index (χ2n) is 4.66. The Bertz CT molecular complexity index is 598. The van der Waals surface area contributed by atoms with Crippen LogP contribution in [0.25, 0.3) is 0 Å². The molecule has 0 spiro atoms. The van der Waals surface area contributed by atoms with E-state index in [1.54, 1.807) is 13.8 Å². The number of rotatable bonds is 6. The van der Waals surface area contributed by atoms with Crippen molar-refractivity contribution in [3.05, 3.63) is 28.2 Å². The molecule has 0 saturated carbocycles. The van der Waals surface area contributed by atoms with Crippen molar-refractivity contribution >= 4 is 31.9 Å². The maximum Gasteiger partial charge on any atom is 0.336 e. The Balaban J connectivity index is 3.34. The molecular weight excluding hydrogens is 346 g/mol. The Hall–Kier alpha value is -0.920. The number of carboxylic acid groups (broad SMARTS) is 1. The molecule has 0 aliphatic carbocycles. The lowest BCUT2D eigenvalue weighted by Gasteiger charge is -2.25. The molecule has 0 aromatic heterocycles. The summed E-state index contributed by atoms with van der Waals surface area (Å²) in [6.45, 7) is 5.89. The predicted molar refractivity (Wildman–Crippen MR) is 80.4 cm³/mol. The van der Waals surface area contributed by atoms with Gasteiger partial charge in [-0.3, -0.25) is 0 Å². The SMILES string of the molecule is CCCN(C(C)C)S(=O)(=O)c1ccc(Br)c(C(=O)O)c1. The zero-order chi connectivity index (χ0) is 15.5. The van der Waals surface area contributed by atoms with Crippen LogP contribution in [0.3, 0.4) is 0 Å². The highest BCUT2D eigenvalue weighted by molar-refractivity contribution is 9.10. The second kappa shape index (κ2) is 6.69. The van der Waals surface area contributed by atoms with Gasteiger partial charge < -0.3 is 5.11 Å². The Morgan fingerprint density at radius 1 is 1.40 bits per heavy atom. The van der Waals surface area contributed by atoms with Gasteiger partial charge in [-0.05, 0) is 54.4 Å². The van der Waals surface area contributed by atoms with Crippen LogP contribution in [0.2, 0.25) is 0 Å². The van der Waals surface area contributed by atoms with E-state index in [0.29, 0.717) is 17.4 Å². The van der Waals surface area contributed by atoms with Crippen molar-refractivity contribution < 1.29 is 18.3 Å². The first kappa shape index (κ1) is 17.1. The molecule has 5 nitrogen and oxygen atoms in total. The van der Waals surface area contributed by atoms with Crippen LogP contribution < -0.4 is 0 Å². The van der Waals surface area contributed by atoms with E-state index in [9.17, 15) is 13.2 Å². The number of benzene rings is 1. The molecule has 0 bridgehead atoms. The van der Waals surface area contributed by atoms with Crippen LogP contribution in [0.15, 0.2) is 27.6 Å². The molecule has 1 N–H and O–H groups in total. The van der Waals surface area contributed by atoms with Gasteiger partial charge >= 0.3 is 5.97 Å². The number of halogens is 1. The van der Waals surface area contributed by atoms with Crippen molar-refractivity contribution in [3.8, 4) is 0 Å². The first-order valence-corrected chi connectivity index (χ1v) is 8.49. The summed E-state index contributed by atoms with van der Waals surface area (Å²) in [4.78, 5) is 11.1. The number of nitrogens with zero attached hydrogens (tertiary/aromatic N) is 1. The largest absolute Gasteiger partial charge is 0.478 e. The summed E-state index contributed by atoms with van der Waals surface area (Å²) in [5.41, 5.74) is -0.0636. The molecular formula is C13H18BrNO4S. The molecule has 1 aromatic carbocycles. The van der Waals surface area contributed by atoms with Crippen molar-refractivity contribution in [1.29, 1.82) is 0 Å². The fourth-order valence-electron chi connectivity index (χ4n) is 1.84. The Kier molecular flexibility index (Phi) is 5.73. The van der Waals surface area contributed by atoms with Crippen LogP contribution in [-0.4, -0.2) is 36.4 Å². The number of hydrogen-bond acceptors (Lipinski definition) is 3. The molecule has 0 radical (unpaired) electrons. The molecule has 1 rings (SSSR count). The Morgan fingerprint density at radius 3 is 2.45 bits per heavy atom. The lowest BCUT2D eigenvalue weighted by Crippen LogP contribution is -2.37. The van der Waals surface area contributed by atoms with Gasteiger partial charge in [-0.15, -0.1) is 0 Å². The van der Waals surface area contributed by atoms with Crippen LogP contribution in [0.4, 0.5) is 0 Å². The summed E-state index contributed by atoms with van der Waals surface area (Å²) >= 11 is 3.11. The van der Waals surface area contributed by atoms with Crippen LogP contribution in [-0.2, 0) is 10.0 Å². The van der Waals surface area contributed by atoms with Crippen LogP contribution in [0, 0.1) is 0 Å². The third-order valence-corrected chi connectivity index (χ3v) is 5.56. The number of carboxylic acids is 1. The van der Waals surface area contributed by atoms with E-state index in [2.05, 4.69) is 15.9 Å². The van der Waals surface area contributed by atoms with Gasteiger partial charge in [0.05, 0.1) is 10.5 Å². The Labute approximate surface area is 127 Å². The summed E-state index contributed by atoms with van der Waals surface area (Å²) in [7, 11) is -3.69. The number of carbonyl (C=O) groups is 1. The first-order chi connectivity index (χ1) is 9.21. The van der Waals surface area contributed by atoms with Crippen molar-refractivity contribution in [3.63, 3.8) is 0 Å². The summed E-state index contributed by atoms with van der Waals surface area (Å²) < 4.78 is 26.9. The topological polar surface area (TPSA) is 74.7 Å². The Morgan fingerprint density at radius 2 is 2.00 bits per heavy atom. The van der Waals surface area contributed by atoms with Gasteiger partial charge in [0.1, 0.15) is 0 Å². The van der Waals surface area contributed by atoms with Crippen LogP contribution in [0.5, 0.6) is 0 Å². The van der Waals surface area contributed by atoms with E-state index in [4.69, 9.17) is 5.11 Å². The van der Waals surface area contributed by atoms with Crippen molar-refractivity contribution in [2.45, 2.75) is 38.1 Å². The standard InChI is InChI=1S/C13H18BrNO4S/c1-4-7-15(9(2)3)20(18,19)10-5-6-12(14)11(8-10)13(16)17/h5-6,8-9H,4,7H2,1-3H3,(H,16,17). The molecule has 112 valence electrons. The van der Waals surface area contributed by atoms with Crippen molar-refractivity contribution in [2.24, 2.45) is 0 Å². The molecule has 0 fully saturated rings. The third-order valence-electron chi connectivity index (χ3n) is 2.79. The van der Waals surface area contributed by atoms with Gasteiger partial charge in [0, 0.05) is 17.1 Å². The third kappa shape index (κ3) is 3.59. The van der Waals surface area contributed by atoms with E-state index in [1.165, 1.54) is 22.5 Å². The van der Waals surface area contributed by atoms with E-state index in [-0.39, 0.29) is 16.5 Å². The van der Waals surface area contributed by atoms with Gasteiger partial charge in [0.15, 0.2) is 0 Å². The van der Waals surface area contributed by atoms with E-state index >= 15 is 0 Å². The molecule has 0 amide bonds. The highest BCUT2D eigenvalue weighted by Crippen LogP contribution is 2.24. The molecule has 20 heavy (non-hydrogen) atoms. The smallest absolute Gasteiger partial charge is 0.336 e. The summed E-state index contributed by atoms with van der Waals surface area (Å²) in [6, 6.07) is 3.86. The molecule has 0 aliphatic heterocycles. The second-order valence-corrected chi connectivity index (χ2v) is 7.40. The number of aromatic carboxylic acids is 1. The van der Waals surface area contributed by atoms with Gasteiger partial charge in [0.2, 0.25) is 10.0 Å². The minimum Gasteiger partial charge on any atom is -0.478 e. The zero-order valence-corrected chi connectivity index (χ0v) is 14.0. The van der Waals surface area contributed by atoms with E-state index in [0.717, 1.165) is 0 Å². The lowest BCUT2D eigenvalue weighted by molar-refractivity contribution is 0.0695. The molecule has 7 heteroatoms. The molecule has 0 saturated heterocycles. The van der Waals surface area contributed by atoms with E-state index < -0.39 is 16.0 Å². The highest BCUT2D eigenvalue weighted by atomic mass is 79.9. The van der Waals surface area contributed by atoms with Gasteiger partial charge in [0.25, 0.3) is 0 Å². The van der Waals surface area contributed by atoms with Crippen LogP contribution in [0.1, 0.15) is 37.6 Å². The first-order valence-electron chi connectivity index (χ1n) is 6.26. The molecule has 1 aromatic rings. The minimum atomic E-state index is -3.69. The zero-order valence-electron chi connectivity index (χ0n) is 11.6. The predicted octanol–water partition coefficient (Wildman–Crippen LogP) is 2.96. The van der Waals surface area contributed by atoms with Gasteiger partial charge in [-0.25, -0.2) is 13.2 Å². The highest BCUT2D eigenvalue weighted by Gasteiger charge is 2.27. The molecule has 0 unspecified atom stereocenters. The lowest BCUT2D eigenvalue weighted by atomic mass is 10.2. The molecule has 0 atom stereocenters. The van der Waals surface area contributed by atoms with E-state index in [1.807, 2.05) is 6.92 Å². The van der Waals surface area contributed by atoms with Crippen LogP contribution >= 0.6 is 15.9 Å². The fraction of sp³-hybridized carbons (Fsp3) is 0.462. The summed E-state index contributed by atoms with van der Waals surface area (Å²) in [6.07, 6.45) is 0.694. The average molecular weight is 364 g/mol. The minimum absolute atomic E-state index is 0.000231. The fourth-order valence-corrected chi connectivity index (χ4v) is 4.01. The maximum atomic E-state index is 12.6. The quantitative estimate of drug-likeness (QED) is 0.842. The van der Waals surface area contributed by atoms with Gasteiger partial charge in [-0.1, -0.05) is 6.92 Å². The number of sulfonamides is 1. The monoisotopic (exact) mass is 363 g/mol. The normalized spacial score (nSPS) is 12.1. The van der Waals surface area contributed by atoms with Gasteiger partial charge in [-0.2, -0.15) is 4.31 Å². The van der Waals surface area contributed by atoms with Crippen molar-refractivity contribution in [1.82, 2.24) is 4.31 Å². The average Bonchev–Trinajstić information content (AvgIpc) is 2.35. The molecule has 0 heterocycles. The number of hydrogen-bond donors (Lipinski definition) is 1. The molecule has 0 aliphatic rings.